The number of carbonyl (C=O) groups is 1. The first-order valence-electron chi connectivity index (χ1n) is 5.15. The highest BCUT2D eigenvalue weighted by Crippen LogP contribution is 2.26. The zero-order chi connectivity index (χ0) is 12.6. The Morgan fingerprint density at radius 3 is 2.65 bits per heavy atom. The monoisotopic (exact) mass is 268 g/mol. The fraction of sp³-hybridized carbons (Fsp3) is 0.250. The number of fused-ring (bicyclic) bond motifs is 1. The molecule has 0 radical (unpaired) electrons. The molecule has 0 saturated heterocycles. The lowest BCUT2D eigenvalue weighted by Crippen LogP contribution is -2.09. The van der Waals surface area contributed by atoms with Crippen LogP contribution in [0.1, 0.15) is 24.2 Å². The molecule has 3 nitrogen and oxygen atoms in total. The van der Waals surface area contributed by atoms with Crippen molar-refractivity contribution in [1.29, 1.82) is 0 Å². The normalized spacial score (nSPS) is 11.1. The van der Waals surface area contributed by atoms with Crippen molar-refractivity contribution in [2.75, 3.05) is 0 Å². The Kier molecular flexibility index (Phi) is 3.31. The maximum Gasteiger partial charge on any atom is 0.168 e. The van der Waals surface area contributed by atoms with Crippen LogP contribution in [0.3, 0.4) is 0 Å². The Morgan fingerprint density at radius 2 is 2.00 bits per heavy atom. The fourth-order valence-electron chi connectivity index (χ4n) is 1.49. The molecule has 0 saturated carbocycles. The molecule has 88 valence electrons. The van der Waals surface area contributed by atoms with E-state index >= 15 is 0 Å². The van der Waals surface area contributed by atoms with E-state index in [4.69, 9.17) is 23.2 Å². The summed E-state index contributed by atoms with van der Waals surface area (Å²) in [5.74, 6) is -0.183. The summed E-state index contributed by atoms with van der Waals surface area (Å²) in [4.78, 5) is 20.2. The number of Topliss-reactive ketones (excluding diaryl/α,β-unsaturated/α-hetero) is 1. The molecule has 0 aliphatic heterocycles. The van der Waals surface area contributed by atoms with E-state index in [1.54, 1.807) is 12.1 Å². The highest BCUT2D eigenvalue weighted by Gasteiger charge is 2.17. The van der Waals surface area contributed by atoms with E-state index in [-0.39, 0.29) is 11.7 Å². The summed E-state index contributed by atoms with van der Waals surface area (Å²) >= 11 is 12.0. The van der Waals surface area contributed by atoms with Crippen LogP contribution in [0.25, 0.3) is 11.0 Å². The van der Waals surface area contributed by atoms with E-state index in [0.717, 1.165) is 0 Å². The van der Waals surface area contributed by atoms with Crippen LogP contribution in [0.2, 0.25) is 10.2 Å². The van der Waals surface area contributed by atoms with Gasteiger partial charge in [0, 0.05) is 12.1 Å². The van der Waals surface area contributed by atoms with Crippen molar-refractivity contribution in [1.82, 2.24) is 9.97 Å². The van der Waals surface area contributed by atoms with Gasteiger partial charge in [0.25, 0.3) is 0 Å². The van der Waals surface area contributed by atoms with Crippen molar-refractivity contribution in [2.45, 2.75) is 13.8 Å². The average Bonchev–Trinajstić information content (AvgIpc) is 2.29. The van der Waals surface area contributed by atoms with Gasteiger partial charge in [-0.15, -0.1) is 0 Å². The topological polar surface area (TPSA) is 42.9 Å². The number of aromatic nitrogens is 2. The molecule has 0 aliphatic rings. The lowest BCUT2D eigenvalue weighted by atomic mass is 10.0. The van der Waals surface area contributed by atoms with Crippen LogP contribution in [0.4, 0.5) is 0 Å². The predicted octanol–water partition coefficient (Wildman–Crippen LogP) is 3.78. The summed E-state index contributed by atoms with van der Waals surface area (Å²) < 4.78 is 0. The van der Waals surface area contributed by atoms with E-state index in [1.807, 2.05) is 13.8 Å². The number of halogens is 2. The third-order valence-electron chi connectivity index (χ3n) is 2.41. The third-order valence-corrected chi connectivity index (χ3v) is 3.00. The molecule has 0 unspecified atom stereocenters. The van der Waals surface area contributed by atoms with Crippen molar-refractivity contribution in [3.8, 4) is 0 Å². The fourth-order valence-corrected chi connectivity index (χ4v) is 1.92. The van der Waals surface area contributed by atoms with Crippen LogP contribution in [0, 0.1) is 5.92 Å². The molecule has 0 fully saturated rings. The highest BCUT2D eigenvalue weighted by atomic mass is 35.5. The lowest BCUT2D eigenvalue weighted by molar-refractivity contribution is 0.0939. The second-order valence-corrected chi connectivity index (χ2v) is 4.77. The van der Waals surface area contributed by atoms with Gasteiger partial charge in [-0.3, -0.25) is 9.78 Å². The highest BCUT2D eigenvalue weighted by molar-refractivity contribution is 6.38. The minimum atomic E-state index is -0.133. The van der Waals surface area contributed by atoms with Crippen LogP contribution >= 0.6 is 23.2 Å². The summed E-state index contributed by atoms with van der Waals surface area (Å²) in [5.41, 5.74) is 1.48. The van der Waals surface area contributed by atoms with Gasteiger partial charge in [-0.1, -0.05) is 37.0 Å². The first-order chi connectivity index (χ1) is 8.00. The van der Waals surface area contributed by atoms with Crippen molar-refractivity contribution >= 4 is 40.0 Å². The average molecular weight is 269 g/mol. The number of hydrogen-bond acceptors (Lipinski definition) is 3. The first-order valence-corrected chi connectivity index (χ1v) is 5.91. The Bertz CT molecular complexity index is 596. The third kappa shape index (κ3) is 2.26. The van der Waals surface area contributed by atoms with Gasteiger partial charge in [-0.2, -0.15) is 0 Å². The van der Waals surface area contributed by atoms with Gasteiger partial charge in [-0.25, -0.2) is 4.98 Å². The standard InChI is InChI=1S/C12H10Cl2N2O/c1-6(2)12(17)7-5-15-8-3-4-9(13)16-11(8)10(7)14/h3-6H,1-2H3. The van der Waals surface area contributed by atoms with Gasteiger partial charge in [0.15, 0.2) is 5.78 Å². The zero-order valence-corrected chi connectivity index (χ0v) is 10.9. The Hall–Kier alpha value is -1.19. The number of nitrogens with zero attached hydrogens (tertiary/aromatic N) is 2. The second kappa shape index (κ2) is 4.59. The first kappa shape index (κ1) is 12.3. The quantitative estimate of drug-likeness (QED) is 0.615. The SMILES string of the molecule is CC(C)C(=O)c1cnc2ccc(Cl)nc2c1Cl. The molecule has 0 aromatic carbocycles. The number of carbonyl (C=O) groups excluding carboxylic acids is 1. The van der Waals surface area contributed by atoms with E-state index in [9.17, 15) is 4.79 Å². The number of pyridine rings is 2. The van der Waals surface area contributed by atoms with E-state index < -0.39 is 0 Å². The summed E-state index contributed by atoms with van der Waals surface area (Å²) in [6.07, 6.45) is 1.49. The predicted molar refractivity (Wildman–Crippen MR) is 68.7 cm³/mol. The largest absolute Gasteiger partial charge is 0.294 e. The van der Waals surface area contributed by atoms with Gasteiger partial charge < -0.3 is 0 Å². The molecule has 0 amide bonds. The van der Waals surface area contributed by atoms with Crippen LogP contribution in [0.5, 0.6) is 0 Å². The molecule has 2 aromatic rings. The maximum atomic E-state index is 11.9. The minimum absolute atomic E-state index is 0.0498. The summed E-state index contributed by atoms with van der Waals surface area (Å²) in [7, 11) is 0. The lowest BCUT2D eigenvalue weighted by Gasteiger charge is -2.07. The number of hydrogen-bond donors (Lipinski definition) is 0. The second-order valence-electron chi connectivity index (χ2n) is 4.01. The summed E-state index contributed by atoms with van der Waals surface area (Å²) in [6.45, 7) is 3.63. The Labute approximate surface area is 109 Å². The van der Waals surface area contributed by atoms with Crippen LogP contribution in [-0.2, 0) is 0 Å². The van der Waals surface area contributed by atoms with Crippen molar-refractivity contribution in [3.63, 3.8) is 0 Å². The molecular weight excluding hydrogens is 259 g/mol. The van der Waals surface area contributed by atoms with E-state index in [0.29, 0.717) is 26.8 Å². The molecule has 0 aliphatic carbocycles. The smallest absolute Gasteiger partial charge is 0.168 e. The van der Waals surface area contributed by atoms with Gasteiger partial charge in [-0.05, 0) is 12.1 Å². The molecule has 17 heavy (non-hydrogen) atoms. The van der Waals surface area contributed by atoms with Crippen molar-refractivity contribution in [2.24, 2.45) is 5.92 Å². The maximum absolute atomic E-state index is 11.9. The number of ketones is 1. The van der Waals surface area contributed by atoms with Gasteiger partial charge in [0.1, 0.15) is 10.7 Å². The summed E-state index contributed by atoms with van der Waals surface area (Å²) in [6, 6.07) is 3.36. The van der Waals surface area contributed by atoms with Gasteiger partial charge >= 0.3 is 0 Å². The summed E-state index contributed by atoms with van der Waals surface area (Å²) in [5, 5.41) is 0.645. The Morgan fingerprint density at radius 1 is 1.29 bits per heavy atom. The molecule has 2 aromatic heterocycles. The molecule has 0 bridgehead atoms. The minimum Gasteiger partial charge on any atom is -0.294 e. The zero-order valence-electron chi connectivity index (χ0n) is 9.37. The molecule has 5 heteroatoms. The van der Waals surface area contributed by atoms with Crippen molar-refractivity contribution in [3.05, 3.63) is 34.1 Å². The molecule has 0 N–H and O–H groups in total. The molecule has 0 atom stereocenters. The molecule has 2 rings (SSSR count). The Balaban J connectivity index is 2.68. The van der Waals surface area contributed by atoms with Gasteiger partial charge in [0.2, 0.25) is 0 Å². The molecular formula is C12H10Cl2N2O. The molecule has 0 spiro atoms. The van der Waals surface area contributed by atoms with Crippen LogP contribution < -0.4 is 0 Å². The number of rotatable bonds is 2. The van der Waals surface area contributed by atoms with Crippen LogP contribution in [0.15, 0.2) is 18.3 Å². The molecule has 2 heterocycles. The van der Waals surface area contributed by atoms with E-state index in [1.165, 1.54) is 6.20 Å². The van der Waals surface area contributed by atoms with E-state index in [2.05, 4.69) is 9.97 Å². The van der Waals surface area contributed by atoms with Gasteiger partial charge in [0.05, 0.1) is 16.1 Å². The van der Waals surface area contributed by atoms with Crippen molar-refractivity contribution < 1.29 is 4.79 Å². The van der Waals surface area contributed by atoms with Crippen LogP contribution in [-0.4, -0.2) is 15.8 Å².